The Bertz CT molecular complexity index is 637. The van der Waals surface area contributed by atoms with Gasteiger partial charge < -0.3 is 20.4 Å². The zero-order valence-electron chi connectivity index (χ0n) is 18.3. The van der Waals surface area contributed by atoms with Gasteiger partial charge in [-0.15, -0.1) is 0 Å². The van der Waals surface area contributed by atoms with Gasteiger partial charge in [0.1, 0.15) is 0 Å². The fourth-order valence-corrected chi connectivity index (χ4v) is 8.84. The molecule has 0 aromatic carbocycles. The summed E-state index contributed by atoms with van der Waals surface area (Å²) < 4.78 is 0. The van der Waals surface area contributed by atoms with E-state index in [-0.39, 0.29) is 41.1 Å². The second-order valence-electron chi connectivity index (χ2n) is 11.5. The lowest BCUT2D eigenvalue weighted by atomic mass is 9.43. The number of fused-ring (bicyclic) bond motifs is 5. The van der Waals surface area contributed by atoms with Crippen LogP contribution >= 0.6 is 0 Å². The average Bonchev–Trinajstić information content (AvgIpc) is 2.97. The predicted molar refractivity (Wildman–Crippen MR) is 110 cm³/mol. The number of aliphatic hydroxyl groups excluding tert-OH is 3. The third-order valence-corrected chi connectivity index (χ3v) is 10.2. The third-order valence-electron chi connectivity index (χ3n) is 10.2. The highest BCUT2D eigenvalue weighted by Gasteiger charge is 2.65. The van der Waals surface area contributed by atoms with Crippen molar-refractivity contribution in [2.45, 2.75) is 96.9 Å². The maximum atomic E-state index is 11.5. The highest BCUT2D eigenvalue weighted by atomic mass is 16.4. The first-order valence-electron chi connectivity index (χ1n) is 11.8. The van der Waals surface area contributed by atoms with Crippen LogP contribution < -0.4 is 0 Å². The van der Waals surface area contributed by atoms with Crippen molar-refractivity contribution < 1.29 is 25.2 Å². The maximum Gasteiger partial charge on any atom is 0.303 e. The van der Waals surface area contributed by atoms with Gasteiger partial charge in [0.15, 0.2) is 0 Å². The van der Waals surface area contributed by atoms with E-state index in [0.29, 0.717) is 24.2 Å². The highest BCUT2D eigenvalue weighted by Crippen LogP contribution is 2.68. The third kappa shape index (κ3) is 3.36. The van der Waals surface area contributed by atoms with E-state index in [0.717, 1.165) is 44.9 Å². The first-order valence-corrected chi connectivity index (χ1v) is 11.8. The molecule has 0 aliphatic heterocycles. The summed E-state index contributed by atoms with van der Waals surface area (Å²) in [5.74, 6) is 0.904. The first kappa shape index (κ1) is 21.6. The minimum Gasteiger partial charge on any atom is -0.481 e. The molecule has 0 radical (unpaired) electrons. The molecule has 0 aromatic heterocycles. The van der Waals surface area contributed by atoms with Crippen molar-refractivity contribution in [3.05, 3.63) is 0 Å². The number of aliphatic hydroxyl groups is 3. The zero-order chi connectivity index (χ0) is 21.1. The van der Waals surface area contributed by atoms with Gasteiger partial charge in [-0.2, -0.15) is 0 Å². The molecule has 4 saturated carbocycles. The van der Waals surface area contributed by atoms with Gasteiger partial charge in [0.25, 0.3) is 0 Å². The number of rotatable bonds is 4. The summed E-state index contributed by atoms with van der Waals surface area (Å²) in [6.45, 7) is 6.79. The van der Waals surface area contributed by atoms with Crippen molar-refractivity contribution >= 4 is 5.97 Å². The van der Waals surface area contributed by atoms with Crippen LogP contribution in [0.2, 0.25) is 0 Å². The van der Waals surface area contributed by atoms with Gasteiger partial charge in [0.2, 0.25) is 0 Å². The summed E-state index contributed by atoms with van der Waals surface area (Å²) in [6.07, 6.45) is 5.93. The lowest BCUT2D eigenvalue weighted by Gasteiger charge is -2.63. The topological polar surface area (TPSA) is 98.0 Å². The van der Waals surface area contributed by atoms with Gasteiger partial charge in [-0.1, -0.05) is 20.8 Å². The van der Waals surface area contributed by atoms with Gasteiger partial charge >= 0.3 is 5.97 Å². The molecule has 5 nitrogen and oxygen atoms in total. The molecule has 0 saturated heterocycles. The van der Waals surface area contributed by atoms with Crippen LogP contribution in [0, 0.1) is 46.3 Å². The molecule has 4 rings (SSSR count). The number of carboxylic acid groups (broad SMARTS) is 1. The molecule has 0 bridgehead atoms. The number of carboxylic acids is 1. The molecule has 0 aromatic rings. The van der Waals surface area contributed by atoms with Crippen LogP contribution in [0.15, 0.2) is 0 Å². The molecular weight excluding hydrogens is 368 g/mol. The Kier molecular flexibility index (Phi) is 5.57. The second-order valence-corrected chi connectivity index (χ2v) is 11.5. The van der Waals surface area contributed by atoms with E-state index >= 15 is 0 Å². The van der Waals surface area contributed by atoms with Crippen molar-refractivity contribution in [3.63, 3.8) is 0 Å². The largest absolute Gasteiger partial charge is 0.481 e. The van der Waals surface area contributed by atoms with Gasteiger partial charge in [-0.25, -0.2) is 0 Å². The minimum atomic E-state index is -0.735. The Morgan fingerprint density at radius 3 is 2.45 bits per heavy atom. The lowest BCUT2D eigenvalue weighted by molar-refractivity contribution is -0.213. The van der Waals surface area contributed by atoms with Crippen molar-refractivity contribution in [1.29, 1.82) is 0 Å². The van der Waals surface area contributed by atoms with E-state index < -0.39 is 18.2 Å². The molecule has 1 unspecified atom stereocenters. The Morgan fingerprint density at radius 2 is 1.76 bits per heavy atom. The molecule has 4 N–H and O–H groups in total. The monoisotopic (exact) mass is 408 g/mol. The Morgan fingerprint density at radius 1 is 1.03 bits per heavy atom. The van der Waals surface area contributed by atoms with Crippen LogP contribution in [0.5, 0.6) is 0 Å². The molecule has 0 spiro atoms. The van der Waals surface area contributed by atoms with E-state index in [9.17, 15) is 20.1 Å². The number of aliphatic carboxylic acids is 1. The molecule has 0 amide bonds. The summed E-state index contributed by atoms with van der Waals surface area (Å²) >= 11 is 0. The summed E-state index contributed by atoms with van der Waals surface area (Å²) in [5, 5.41) is 42.0. The molecule has 5 heteroatoms. The molecule has 29 heavy (non-hydrogen) atoms. The normalized spacial score (nSPS) is 52.9. The maximum absolute atomic E-state index is 11.5. The Balaban J connectivity index is 1.61. The average molecular weight is 409 g/mol. The minimum absolute atomic E-state index is 0.00309. The highest BCUT2D eigenvalue weighted by molar-refractivity contribution is 5.66. The lowest BCUT2D eigenvalue weighted by Crippen LogP contribution is -2.63. The van der Waals surface area contributed by atoms with Crippen molar-refractivity contribution in [2.75, 3.05) is 0 Å². The van der Waals surface area contributed by atoms with Crippen LogP contribution in [0.3, 0.4) is 0 Å². The fraction of sp³-hybridized carbons (Fsp3) is 0.958. The summed E-state index contributed by atoms with van der Waals surface area (Å²) in [7, 11) is 0. The van der Waals surface area contributed by atoms with Gasteiger partial charge in [-0.05, 0) is 97.7 Å². The molecule has 0 heterocycles. The molecule has 4 aliphatic rings. The number of hydrogen-bond acceptors (Lipinski definition) is 4. The molecular formula is C24H40O5. The van der Waals surface area contributed by atoms with Crippen LogP contribution in [-0.2, 0) is 4.79 Å². The molecule has 166 valence electrons. The van der Waals surface area contributed by atoms with Gasteiger partial charge in [0.05, 0.1) is 18.3 Å². The predicted octanol–water partition coefficient (Wildman–Crippen LogP) is 3.45. The van der Waals surface area contributed by atoms with E-state index in [2.05, 4.69) is 20.8 Å². The van der Waals surface area contributed by atoms with E-state index in [1.807, 2.05) is 0 Å². The van der Waals surface area contributed by atoms with E-state index in [1.165, 1.54) is 0 Å². The van der Waals surface area contributed by atoms with Gasteiger partial charge in [0, 0.05) is 6.42 Å². The van der Waals surface area contributed by atoms with Crippen LogP contribution in [0.1, 0.15) is 78.6 Å². The van der Waals surface area contributed by atoms with Crippen LogP contribution in [0.25, 0.3) is 0 Å². The quantitative estimate of drug-likeness (QED) is 0.571. The Labute approximate surface area is 174 Å². The second kappa shape index (κ2) is 7.49. The summed E-state index contributed by atoms with van der Waals surface area (Å²) in [6, 6.07) is 0. The van der Waals surface area contributed by atoms with E-state index in [1.54, 1.807) is 0 Å². The fourth-order valence-electron chi connectivity index (χ4n) is 8.84. The van der Waals surface area contributed by atoms with E-state index in [4.69, 9.17) is 5.11 Å². The zero-order valence-corrected chi connectivity index (χ0v) is 18.3. The molecule has 11 atom stereocenters. The smallest absolute Gasteiger partial charge is 0.303 e. The van der Waals surface area contributed by atoms with Crippen molar-refractivity contribution in [1.82, 2.24) is 0 Å². The summed E-state index contributed by atoms with van der Waals surface area (Å²) in [4.78, 5) is 11.1. The standard InChI is InChI=1S/C24H40O5/c1-13(4-7-20(28)29)16-5-6-17-21-18(26)11-14-10-15(25)8-9-23(14,2)22(21)19(27)12-24(16,17)3/h13-19,21-22,25-27H,4-12H2,1-3H3,(H,28,29)/t13?,14-,15+,16+,17-,18+,19+,21+,22-,23-,24+/m0/s1. The number of carbonyl (C=O) groups is 1. The van der Waals surface area contributed by atoms with Crippen LogP contribution in [0.4, 0.5) is 0 Å². The first-order chi connectivity index (χ1) is 13.6. The SMILES string of the molecule is CC(CCC(=O)O)[C@H]1CC[C@H]2[C@H]3[C@H]([C@H](O)C[C@]12C)[C@@]1(C)CC[C@@H](O)C[C@H]1C[C@H]3O. The van der Waals surface area contributed by atoms with Crippen molar-refractivity contribution in [3.8, 4) is 0 Å². The molecule has 4 fully saturated rings. The van der Waals surface area contributed by atoms with Crippen LogP contribution in [-0.4, -0.2) is 44.7 Å². The number of hydrogen-bond donors (Lipinski definition) is 4. The molecule has 4 aliphatic carbocycles. The van der Waals surface area contributed by atoms with Gasteiger partial charge in [-0.3, -0.25) is 4.79 Å². The Hall–Kier alpha value is -0.650. The van der Waals surface area contributed by atoms with Crippen molar-refractivity contribution in [2.24, 2.45) is 46.3 Å². The summed E-state index contributed by atoms with van der Waals surface area (Å²) in [5.41, 5.74) is -0.0340.